The van der Waals surface area contributed by atoms with Gasteiger partial charge in [-0.1, -0.05) is 106 Å². The van der Waals surface area contributed by atoms with E-state index in [4.69, 9.17) is 0 Å². The van der Waals surface area contributed by atoms with Gasteiger partial charge in [0.2, 0.25) is 0 Å². The summed E-state index contributed by atoms with van der Waals surface area (Å²) in [5.41, 5.74) is 12.4. The van der Waals surface area contributed by atoms with Crippen LogP contribution in [0.25, 0.3) is 49.7 Å². The minimum Gasteiger partial charge on any atom is -0.309 e. The fraction of sp³-hybridized carbons (Fsp3) is 0.189. The van der Waals surface area contributed by atoms with Crippen molar-refractivity contribution in [1.82, 2.24) is 4.57 Å². The van der Waals surface area contributed by atoms with E-state index in [1.165, 1.54) is 85.8 Å². The Hall–Kier alpha value is -3.88. The number of hydrogen-bond acceptors (Lipinski definition) is 0. The minimum atomic E-state index is -1.57. The van der Waals surface area contributed by atoms with Gasteiger partial charge in [-0.25, -0.2) is 0 Å². The van der Waals surface area contributed by atoms with Crippen LogP contribution in [0.3, 0.4) is 0 Å². The van der Waals surface area contributed by atoms with Crippen molar-refractivity contribution in [1.29, 1.82) is 0 Å². The van der Waals surface area contributed by atoms with Gasteiger partial charge < -0.3 is 4.57 Å². The lowest BCUT2D eigenvalue weighted by Gasteiger charge is -2.34. The van der Waals surface area contributed by atoms with Crippen LogP contribution in [0.4, 0.5) is 0 Å². The molecule has 39 heavy (non-hydrogen) atoms. The number of para-hydroxylation sites is 2. The van der Waals surface area contributed by atoms with Gasteiger partial charge >= 0.3 is 0 Å². The van der Waals surface area contributed by atoms with Gasteiger partial charge in [0, 0.05) is 16.2 Å². The number of benzene rings is 5. The average Bonchev–Trinajstić information content (AvgIpc) is 3.67. The van der Waals surface area contributed by atoms with E-state index in [1.807, 2.05) is 0 Å². The average molecular weight is 518 g/mol. The predicted octanol–water partition coefficient (Wildman–Crippen LogP) is 8.43. The monoisotopic (exact) mass is 517 g/mol. The zero-order valence-electron chi connectivity index (χ0n) is 22.6. The molecule has 3 aliphatic rings. The third-order valence-corrected chi connectivity index (χ3v) is 15.7. The zero-order chi connectivity index (χ0) is 25.9. The first-order chi connectivity index (χ1) is 19.1. The molecule has 0 N–H and O–H groups in total. The third kappa shape index (κ3) is 2.66. The molecule has 6 aromatic rings. The van der Waals surface area contributed by atoms with Crippen LogP contribution >= 0.6 is 0 Å². The minimum absolute atomic E-state index is 0.0310. The van der Waals surface area contributed by atoms with Crippen molar-refractivity contribution < 1.29 is 0 Å². The second kappa shape index (κ2) is 7.40. The number of hydrogen-bond donors (Lipinski definition) is 0. The SMILES string of the molecule is CC1(C)c2ccccc2-n2c3ccc(-c4ccc5c(c4)-c4ccccc4[Si]54CCCC4)cc3c3cccc1c32. The van der Waals surface area contributed by atoms with Gasteiger partial charge in [0.1, 0.15) is 8.07 Å². The number of fused-ring (bicyclic) bond motifs is 10. The van der Waals surface area contributed by atoms with E-state index in [1.54, 1.807) is 10.4 Å². The van der Waals surface area contributed by atoms with Crippen LogP contribution in [0.15, 0.2) is 103 Å². The van der Waals surface area contributed by atoms with Gasteiger partial charge in [-0.3, -0.25) is 0 Å². The molecule has 4 heterocycles. The number of nitrogens with zero attached hydrogens (tertiary/aromatic N) is 1. The lowest BCUT2D eigenvalue weighted by Crippen LogP contribution is -2.52. The maximum Gasteiger partial charge on any atom is 0.119 e. The van der Waals surface area contributed by atoms with E-state index in [0.717, 1.165) is 0 Å². The highest BCUT2D eigenvalue weighted by molar-refractivity contribution is 7.06. The second-order valence-corrected chi connectivity index (χ2v) is 16.7. The summed E-state index contributed by atoms with van der Waals surface area (Å²) in [7, 11) is -1.57. The molecule has 1 nitrogen and oxygen atoms in total. The Bertz CT molecular complexity index is 2000. The molecule has 0 bridgehead atoms. The zero-order valence-corrected chi connectivity index (χ0v) is 23.6. The van der Waals surface area contributed by atoms with Crippen LogP contribution < -0.4 is 10.4 Å². The molecular weight excluding hydrogens is 487 g/mol. The van der Waals surface area contributed by atoms with Gasteiger partial charge in [0.25, 0.3) is 0 Å². The molecule has 0 atom stereocenters. The van der Waals surface area contributed by atoms with Crippen LogP contribution in [-0.4, -0.2) is 12.6 Å². The van der Waals surface area contributed by atoms with Crippen molar-refractivity contribution in [3.8, 4) is 27.9 Å². The molecule has 5 aromatic carbocycles. The summed E-state index contributed by atoms with van der Waals surface area (Å²) < 4.78 is 2.51. The lowest BCUT2D eigenvalue weighted by molar-refractivity contribution is 0.630. The molecule has 9 rings (SSSR count). The third-order valence-electron chi connectivity index (χ3n) is 10.3. The highest BCUT2D eigenvalue weighted by Crippen LogP contribution is 2.48. The van der Waals surface area contributed by atoms with Crippen LogP contribution in [0.2, 0.25) is 12.1 Å². The standard InChI is InChI=1S/C37H31NSi/c1-37(2)30-12-4-5-14-33(30)38-32-18-16-24(22-28(32)27-11-9-13-31(37)36(27)38)25-17-19-35-29(23-25)26-10-3-6-15-34(26)39(35)20-7-8-21-39/h3-6,9-19,22-23H,7-8,20-21H2,1-2H3. The molecule has 2 heteroatoms. The Morgan fingerprint density at radius 1 is 0.615 bits per heavy atom. The lowest BCUT2D eigenvalue weighted by atomic mass is 9.75. The van der Waals surface area contributed by atoms with Gasteiger partial charge in [0.15, 0.2) is 0 Å². The van der Waals surface area contributed by atoms with Crippen molar-refractivity contribution >= 4 is 40.3 Å². The molecule has 0 saturated carbocycles. The highest BCUT2D eigenvalue weighted by Gasteiger charge is 2.47. The van der Waals surface area contributed by atoms with E-state index in [0.29, 0.717) is 0 Å². The van der Waals surface area contributed by atoms with Gasteiger partial charge in [-0.05, 0) is 80.1 Å². The predicted molar refractivity (Wildman–Crippen MR) is 168 cm³/mol. The molecular formula is C37H31NSi. The first kappa shape index (κ1) is 22.0. The molecule has 1 fully saturated rings. The Labute approximate surface area is 230 Å². The molecule has 0 aliphatic carbocycles. The molecule has 188 valence electrons. The van der Waals surface area contributed by atoms with Crippen LogP contribution in [0.5, 0.6) is 0 Å². The molecule has 0 amide bonds. The topological polar surface area (TPSA) is 4.93 Å². The fourth-order valence-corrected chi connectivity index (χ4v) is 14.1. The van der Waals surface area contributed by atoms with Gasteiger partial charge in [0.05, 0.1) is 16.7 Å². The molecule has 0 unspecified atom stereocenters. The summed E-state index contributed by atoms with van der Waals surface area (Å²) in [6.07, 6.45) is 2.79. The molecule has 1 spiro atoms. The Kier molecular flexibility index (Phi) is 4.17. The largest absolute Gasteiger partial charge is 0.309 e. The number of aromatic nitrogens is 1. The summed E-state index contributed by atoms with van der Waals surface area (Å²) in [4.78, 5) is 0. The van der Waals surface area contributed by atoms with Gasteiger partial charge in [-0.15, -0.1) is 0 Å². The summed E-state index contributed by atoms with van der Waals surface area (Å²) in [5.74, 6) is 0. The summed E-state index contributed by atoms with van der Waals surface area (Å²) >= 11 is 0. The normalized spacial score (nSPS) is 17.5. The van der Waals surface area contributed by atoms with Crippen molar-refractivity contribution in [3.05, 3.63) is 114 Å². The maximum atomic E-state index is 2.51. The van der Waals surface area contributed by atoms with E-state index in [2.05, 4.69) is 122 Å². The number of rotatable bonds is 1. The van der Waals surface area contributed by atoms with Crippen LogP contribution in [0.1, 0.15) is 37.8 Å². The van der Waals surface area contributed by atoms with Gasteiger partial charge in [-0.2, -0.15) is 0 Å². The smallest absolute Gasteiger partial charge is 0.119 e. The Morgan fingerprint density at radius 3 is 2.23 bits per heavy atom. The van der Waals surface area contributed by atoms with Crippen molar-refractivity contribution in [2.45, 2.75) is 44.2 Å². The Balaban J connectivity index is 1.28. The van der Waals surface area contributed by atoms with Crippen molar-refractivity contribution in [2.75, 3.05) is 0 Å². The summed E-state index contributed by atoms with van der Waals surface area (Å²) in [5, 5.41) is 6.09. The van der Waals surface area contributed by atoms with Crippen molar-refractivity contribution in [3.63, 3.8) is 0 Å². The molecule has 1 aromatic heterocycles. The van der Waals surface area contributed by atoms with Crippen LogP contribution in [-0.2, 0) is 5.41 Å². The second-order valence-electron chi connectivity index (χ2n) is 12.5. The molecule has 1 saturated heterocycles. The van der Waals surface area contributed by atoms with Crippen LogP contribution in [0, 0.1) is 0 Å². The van der Waals surface area contributed by atoms with Crippen molar-refractivity contribution in [2.24, 2.45) is 0 Å². The fourth-order valence-electron chi connectivity index (χ4n) is 8.51. The first-order valence-electron chi connectivity index (χ1n) is 14.5. The molecule has 3 aliphatic heterocycles. The van der Waals surface area contributed by atoms with E-state index < -0.39 is 8.07 Å². The van der Waals surface area contributed by atoms with E-state index >= 15 is 0 Å². The summed E-state index contributed by atoms with van der Waals surface area (Å²) in [6.45, 7) is 4.74. The maximum absolute atomic E-state index is 2.51. The van der Waals surface area contributed by atoms with E-state index in [9.17, 15) is 0 Å². The highest BCUT2D eigenvalue weighted by atomic mass is 28.3. The quantitative estimate of drug-likeness (QED) is 0.193. The first-order valence-corrected chi connectivity index (χ1v) is 16.9. The Morgan fingerprint density at radius 2 is 1.33 bits per heavy atom. The summed E-state index contributed by atoms with van der Waals surface area (Å²) in [6, 6.07) is 42.6. The van der Waals surface area contributed by atoms with E-state index in [-0.39, 0.29) is 5.41 Å². The molecule has 0 radical (unpaired) electrons.